The van der Waals surface area contributed by atoms with E-state index < -0.39 is 11.5 Å². The quantitative estimate of drug-likeness (QED) is 0.533. The SMILES string of the molecule is Cc1cc(NC(=O)C2c3cc(CN4CCCC4)ccc3CCN2C(=O)C(C)(C)C)c(C)c(C)c1O.Cl. The fraction of sp³-hybridized carbons (Fsp3) is 0.517. The number of rotatable bonds is 4. The van der Waals surface area contributed by atoms with Gasteiger partial charge >= 0.3 is 0 Å². The van der Waals surface area contributed by atoms with Gasteiger partial charge in [-0.3, -0.25) is 14.5 Å². The lowest BCUT2D eigenvalue weighted by Gasteiger charge is -2.40. The first-order valence-electron chi connectivity index (χ1n) is 12.7. The van der Waals surface area contributed by atoms with Gasteiger partial charge in [-0.2, -0.15) is 0 Å². The first-order chi connectivity index (χ1) is 16.5. The number of benzene rings is 2. The molecule has 0 bridgehead atoms. The monoisotopic (exact) mass is 513 g/mol. The van der Waals surface area contributed by atoms with Crippen LogP contribution in [0.15, 0.2) is 24.3 Å². The van der Waals surface area contributed by atoms with Crippen LogP contribution >= 0.6 is 12.4 Å². The minimum atomic E-state index is -0.696. The van der Waals surface area contributed by atoms with E-state index in [9.17, 15) is 14.7 Å². The van der Waals surface area contributed by atoms with Gasteiger partial charge in [0, 0.05) is 24.2 Å². The van der Waals surface area contributed by atoms with Crippen LogP contribution in [0.25, 0.3) is 0 Å². The zero-order chi connectivity index (χ0) is 25.5. The lowest BCUT2D eigenvalue weighted by molar-refractivity contribution is -0.146. The van der Waals surface area contributed by atoms with Gasteiger partial charge in [-0.1, -0.05) is 39.0 Å². The number of amides is 2. The summed E-state index contributed by atoms with van der Waals surface area (Å²) in [6, 6.07) is 7.56. The molecule has 36 heavy (non-hydrogen) atoms. The fourth-order valence-corrected chi connectivity index (χ4v) is 5.29. The Bertz CT molecular complexity index is 1150. The van der Waals surface area contributed by atoms with E-state index in [1.54, 1.807) is 11.0 Å². The molecule has 7 heteroatoms. The van der Waals surface area contributed by atoms with Gasteiger partial charge in [-0.15, -0.1) is 12.4 Å². The minimum absolute atomic E-state index is 0. The molecule has 2 aliphatic rings. The third-order valence-corrected chi connectivity index (χ3v) is 7.51. The molecule has 1 fully saturated rings. The second-order valence-electron chi connectivity index (χ2n) is 11.2. The third kappa shape index (κ3) is 5.55. The Kier molecular flexibility index (Phi) is 8.41. The first kappa shape index (κ1) is 28.0. The number of halogens is 1. The summed E-state index contributed by atoms with van der Waals surface area (Å²) in [5, 5.41) is 13.4. The van der Waals surface area contributed by atoms with E-state index in [2.05, 4.69) is 28.4 Å². The zero-order valence-corrected chi connectivity index (χ0v) is 23.2. The van der Waals surface area contributed by atoms with Gasteiger partial charge in [-0.05, 0) is 92.6 Å². The molecule has 1 unspecified atom stereocenters. The van der Waals surface area contributed by atoms with E-state index in [-0.39, 0.29) is 30.0 Å². The predicted octanol–water partition coefficient (Wildman–Crippen LogP) is 5.45. The van der Waals surface area contributed by atoms with Crippen LogP contribution in [0.2, 0.25) is 0 Å². The number of anilines is 1. The van der Waals surface area contributed by atoms with Gasteiger partial charge in [0.05, 0.1) is 0 Å². The summed E-state index contributed by atoms with van der Waals surface area (Å²) in [6.07, 6.45) is 3.20. The molecule has 2 aliphatic heterocycles. The molecular weight excluding hydrogens is 474 g/mol. The highest BCUT2D eigenvalue weighted by molar-refractivity contribution is 5.99. The summed E-state index contributed by atoms with van der Waals surface area (Å²) in [4.78, 5) is 31.6. The number of likely N-dealkylation sites (tertiary alicyclic amines) is 1. The Morgan fingerprint density at radius 3 is 2.33 bits per heavy atom. The number of aromatic hydroxyl groups is 1. The Balaban J connectivity index is 0.00000361. The van der Waals surface area contributed by atoms with Crippen molar-refractivity contribution >= 4 is 29.9 Å². The Labute approximate surface area is 221 Å². The van der Waals surface area contributed by atoms with E-state index in [0.717, 1.165) is 48.3 Å². The second-order valence-corrected chi connectivity index (χ2v) is 11.2. The summed E-state index contributed by atoms with van der Waals surface area (Å²) in [6.45, 7) is 14.9. The zero-order valence-electron chi connectivity index (χ0n) is 22.4. The van der Waals surface area contributed by atoms with Crippen LogP contribution in [0, 0.1) is 26.2 Å². The number of phenolic OH excluding ortho intramolecular Hbond substituents is 1. The molecule has 6 nitrogen and oxygen atoms in total. The van der Waals surface area contributed by atoms with Crippen molar-refractivity contribution in [3.63, 3.8) is 0 Å². The number of nitrogens with zero attached hydrogens (tertiary/aromatic N) is 2. The van der Waals surface area contributed by atoms with Crippen LogP contribution in [0.3, 0.4) is 0 Å². The highest BCUT2D eigenvalue weighted by Crippen LogP contribution is 2.36. The average Bonchev–Trinajstić information content (AvgIpc) is 3.32. The standard InChI is InChI=1S/C29H39N3O3.ClH/c1-18-15-24(19(2)20(3)26(18)33)30-27(34)25-23-16-21(17-31-12-7-8-13-31)9-10-22(23)11-14-32(25)28(35)29(4,5)6;/h9-10,15-16,25,33H,7-8,11-14,17H2,1-6H3,(H,30,34);1H. The van der Waals surface area contributed by atoms with Crippen molar-refractivity contribution in [2.45, 2.75) is 73.4 Å². The molecule has 196 valence electrons. The molecule has 1 saturated heterocycles. The number of hydrogen-bond acceptors (Lipinski definition) is 4. The van der Waals surface area contributed by atoms with Gasteiger partial charge in [0.15, 0.2) is 0 Å². The topological polar surface area (TPSA) is 72.9 Å². The van der Waals surface area contributed by atoms with Gasteiger partial charge in [0.1, 0.15) is 11.8 Å². The van der Waals surface area contributed by atoms with Gasteiger partial charge in [0.25, 0.3) is 5.91 Å². The Morgan fingerprint density at radius 1 is 1.03 bits per heavy atom. The number of carbonyl (C=O) groups excluding carboxylic acids is 2. The van der Waals surface area contributed by atoms with E-state index in [0.29, 0.717) is 17.8 Å². The third-order valence-electron chi connectivity index (χ3n) is 7.51. The number of nitrogens with one attached hydrogen (secondary N) is 1. The van der Waals surface area contributed by atoms with Crippen molar-refractivity contribution in [1.29, 1.82) is 0 Å². The lowest BCUT2D eigenvalue weighted by atomic mass is 9.86. The summed E-state index contributed by atoms with van der Waals surface area (Å²) >= 11 is 0. The number of hydrogen-bond donors (Lipinski definition) is 2. The summed E-state index contributed by atoms with van der Waals surface area (Å²) in [7, 11) is 0. The Morgan fingerprint density at radius 2 is 1.69 bits per heavy atom. The molecule has 2 heterocycles. The molecule has 1 atom stereocenters. The minimum Gasteiger partial charge on any atom is -0.507 e. The predicted molar refractivity (Wildman–Crippen MR) is 147 cm³/mol. The summed E-state index contributed by atoms with van der Waals surface area (Å²) < 4.78 is 0. The highest BCUT2D eigenvalue weighted by Gasteiger charge is 2.40. The van der Waals surface area contributed by atoms with Crippen molar-refractivity contribution in [3.05, 3.63) is 57.6 Å². The molecule has 2 amide bonds. The number of carbonyl (C=O) groups is 2. The van der Waals surface area contributed by atoms with Crippen molar-refractivity contribution in [3.8, 4) is 5.75 Å². The average molecular weight is 514 g/mol. The van der Waals surface area contributed by atoms with Crippen LogP contribution in [-0.2, 0) is 22.6 Å². The number of phenols is 1. The Hall–Kier alpha value is -2.57. The maximum absolute atomic E-state index is 13.9. The largest absolute Gasteiger partial charge is 0.507 e. The molecule has 0 radical (unpaired) electrons. The van der Waals surface area contributed by atoms with Crippen LogP contribution < -0.4 is 5.32 Å². The van der Waals surface area contributed by atoms with E-state index in [4.69, 9.17) is 0 Å². The summed E-state index contributed by atoms with van der Waals surface area (Å²) in [5.74, 6) is 0.0112. The van der Waals surface area contributed by atoms with Gasteiger partial charge in [-0.25, -0.2) is 0 Å². The number of aryl methyl sites for hydroxylation is 1. The molecule has 0 aliphatic carbocycles. The normalized spacial score (nSPS) is 17.9. The summed E-state index contributed by atoms with van der Waals surface area (Å²) in [5.41, 5.74) is 5.60. The first-order valence-corrected chi connectivity index (χ1v) is 12.7. The molecule has 2 aromatic carbocycles. The van der Waals surface area contributed by atoms with Crippen molar-refractivity contribution in [2.24, 2.45) is 5.41 Å². The van der Waals surface area contributed by atoms with Crippen molar-refractivity contribution in [1.82, 2.24) is 9.80 Å². The molecule has 0 saturated carbocycles. The van der Waals surface area contributed by atoms with Gasteiger partial charge < -0.3 is 15.3 Å². The fourth-order valence-electron chi connectivity index (χ4n) is 5.29. The van der Waals surface area contributed by atoms with E-state index in [1.165, 1.54) is 18.4 Å². The molecule has 2 N–H and O–H groups in total. The van der Waals surface area contributed by atoms with Gasteiger partial charge in [0.2, 0.25) is 5.91 Å². The highest BCUT2D eigenvalue weighted by atomic mass is 35.5. The van der Waals surface area contributed by atoms with Crippen LogP contribution in [0.5, 0.6) is 5.75 Å². The molecule has 4 rings (SSSR count). The van der Waals surface area contributed by atoms with Crippen molar-refractivity contribution < 1.29 is 14.7 Å². The number of fused-ring (bicyclic) bond motifs is 1. The lowest BCUT2D eigenvalue weighted by Crippen LogP contribution is -2.49. The maximum atomic E-state index is 13.9. The molecule has 0 spiro atoms. The second kappa shape index (κ2) is 10.8. The van der Waals surface area contributed by atoms with E-state index >= 15 is 0 Å². The van der Waals surface area contributed by atoms with Crippen LogP contribution in [-0.4, -0.2) is 46.4 Å². The molecule has 2 aromatic rings. The smallest absolute Gasteiger partial charge is 0.251 e. The van der Waals surface area contributed by atoms with Crippen molar-refractivity contribution in [2.75, 3.05) is 25.0 Å². The molecular formula is C29H40ClN3O3. The van der Waals surface area contributed by atoms with Crippen LogP contribution in [0.1, 0.15) is 73.0 Å². The van der Waals surface area contributed by atoms with E-state index in [1.807, 2.05) is 41.5 Å². The maximum Gasteiger partial charge on any atom is 0.251 e. The van der Waals surface area contributed by atoms with Crippen LogP contribution in [0.4, 0.5) is 5.69 Å². The molecule has 0 aromatic heterocycles.